The average molecular weight is 369 g/mol. The number of aryl methyl sites for hydroxylation is 1. The minimum Gasteiger partial charge on any atom is -0.385 e. The van der Waals surface area contributed by atoms with Gasteiger partial charge in [-0.15, -0.1) is 0 Å². The topological polar surface area (TPSA) is 90.5 Å². The molecular formula is C19H23N5O3. The van der Waals surface area contributed by atoms with E-state index in [1.807, 2.05) is 24.3 Å². The molecule has 142 valence electrons. The number of methoxy groups -OCH3 is 1. The lowest BCUT2D eigenvalue weighted by Crippen LogP contribution is -2.34. The number of hydrogen-bond acceptors (Lipinski definition) is 5. The number of carbonyl (C=O) groups excluding carboxylic acids is 1. The van der Waals surface area contributed by atoms with E-state index in [1.54, 1.807) is 13.2 Å². The summed E-state index contributed by atoms with van der Waals surface area (Å²) in [4.78, 5) is 24.6. The minimum atomic E-state index is -0.353. The predicted molar refractivity (Wildman–Crippen MR) is 102 cm³/mol. The lowest BCUT2D eigenvalue weighted by molar-refractivity contribution is -0.121. The molecule has 0 radical (unpaired) electrons. The molecule has 27 heavy (non-hydrogen) atoms. The van der Waals surface area contributed by atoms with Gasteiger partial charge >= 0.3 is 0 Å². The van der Waals surface area contributed by atoms with Crippen molar-refractivity contribution >= 4 is 11.4 Å². The van der Waals surface area contributed by atoms with Gasteiger partial charge in [0.1, 0.15) is 18.4 Å². The summed E-state index contributed by atoms with van der Waals surface area (Å²) >= 11 is 0. The Morgan fingerprint density at radius 2 is 2.04 bits per heavy atom. The van der Waals surface area contributed by atoms with E-state index < -0.39 is 0 Å². The van der Waals surface area contributed by atoms with Gasteiger partial charge in [0, 0.05) is 25.8 Å². The summed E-state index contributed by atoms with van der Waals surface area (Å²) in [6.45, 7) is 3.03. The van der Waals surface area contributed by atoms with Crippen LogP contribution in [0.25, 0.3) is 16.8 Å². The Labute approximate surface area is 156 Å². The molecule has 0 atom stereocenters. The molecule has 0 unspecified atom stereocenters. The molecule has 0 spiro atoms. The lowest BCUT2D eigenvalue weighted by Gasteiger charge is -2.06. The van der Waals surface area contributed by atoms with Crippen molar-refractivity contribution in [1.82, 2.24) is 24.7 Å². The maximum Gasteiger partial charge on any atom is 0.293 e. The third-order valence-electron chi connectivity index (χ3n) is 4.29. The zero-order valence-electron chi connectivity index (χ0n) is 15.5. The van der Waals surface area contributed by atoms with Gasteiger partial charge in [0.2, 0.25) is 5.91 Å². The number of benzene rings is 1. The van der Waals surface area contributed by atoms with Crippen LogP contribution in [0.4, 0.5) is 0 Å². The molecule has 0 aliphatic heterocycles. The van der Waals surface area contributed by atoms with Crippen LogP contribution in [0, 0.1) is 0 Å². The van der Waals surface area contributed by atoms with E-state index in [2.05, 4.69) is 22.4 Å². The van der Waals surface area contributed by atoms with E-state index in [1.165, 1.54) is 16.4 Å². The fourth-order valence-electron chi connectivity index (χ4n) is 2.74. The van der Waals surface area contributed by atoms with Gasteiger partial charge in [0.25, 0.3) is 5.56 Å². The normalized spacial score (nSPS) is 11.0. The van der Waals surface area contributed by atoms with Crippen LogP contribution in [0.5, 0.6) is 0 Å². The first-order valence-electron chi connectivity index (χ1n) is 8.93. The van der Waals surface area contributed by atoms with E-state index in [0.717, 1.165) is 16.7 Å². The molecule has 0 fully saturated rings. The van der Waals surface area contributed by atoms with E-state index in [0.29, 0.717) is 30.8 Å². The molecule has 8 heteroatoms. The second-order valence-corrected chi connectivity index (χ2v) is 6.20. The van der Waals surface area contributed by atoms with Gasteiger partial charge in [-0.25, -0.2) is 9.20 Å². The highest BCUT2D eigenvalue weighted by Gasteiger charge is 2.12. The van der Waals surface area contributed by atoms with Gasteiger partial charge in [-0.1, -0.05) is 31.2 Å². The van der Waals surface area contributed by atoms with Crippen molar-refractivity contribution in [3.05, 3.63) is 52.6 Å². The number of aromatic nitrogens is 4. The molecule has 0 bridgehead atoms. The highest BCUT2D eigenvalue weighted by Crippen LogP contribution is 2.19. The average Bonchev–Trinajstić information content (AvgIpc) is 3.13. The molecule has 1 amide bonds. The van der Waals surface area contributed by atoms with E-state index in [-0.39, 0.29) is 18.0 Å². The molecule has 0 aliphatic carbocycles. The number of fused-ring (bicyclic) bond motifs is 1. The molecule has 0 saturated heterocycles. The van der Waals surface area contributed by atoms with E-state index in [4.69, 9.17) is 4.74 Å². The second kappa shape index (κ2) is 8.59. The fourth-order valence-corrected chi connectivity index (χ4v) is 2.74. The molecule has 2 heterocycles. The number of nitrogens with one attached hydrogen (secondary N) is 1. The molecular weight excluding hydrogens is 346 g/mol. The largest absolute Gasteiger partial charge is 0.385 e. The molecule has 3 aromatic rings. The number of hydrogen-bond donors (Lipinski definition) is 1. The Bertz CT molecular complexity index is 975. The minimum absolute atomic E-state index is 0.131. The SMILES string of the molecule is CCc1ccc(-c2cc3c(=O)n(CC(=O)NCCCOC)ncn3n2)cc1. The van der Waals surface area contributed by atoms with Crippen LogP contribution < -0.4 is 10.9 Å². The summed E-state index contributed by atoms with van der Waals surface area (Å²) < 4.78 is 7.52. The third-order valence-corrected chi connectivity index (χ3v) is 4.29. The Kier molecular flexibility index (Phi) is 5.97. The molecule has 0 aliphatic rings. The smallest absolute Gasteiger partial charge is 0.293 e. The third kappa shape index (κ3) is 4.40. The summed E-state index contributed by atoms with van der Waals surface area (Å²) in [5.74, 6) is -0.264. The van der Waals surface area contributed by atoms with Crippen LogP contribution in [-0.2, 0) is 22.5 Å². The Hall–Kier alpha value is -3.00. The van der Waals surface area contributed by atoms with Crippen molar-refractivity contribution in [2.45, 2.75) is 26.3 Å². The van der Waals surface area contributed by atoms with Gasteiger partial charge in [-0.05, 0) is 24.5 Å². The van der Waals surface area contributed by atoms with Crippen molar-refractivity contribution in [3.63, 3.8) is 0 Å². The first kappa shape index (κ1) is 18.8. The van der Waals surface area contributed by atoms with Gasteiger partial charge in [0.05, 0.1) is 5.69 Å². The summed E-state index contributed by atoms with van der Waals surface area (Å²) in [6, 6.07) is 9.78. The predicted octanol–water partition coefficient (Wildman–Crippen LogP) is 1.27. The summed E-state index contributed by atoms with van der Waals surface area (Å²) in [5, 5.41) is 11.2. The van der Waals surface area contributed by atoms with Crippen LogP contribution in [0.3, 0.4) is 0 Å². The molecule has 2 aromatic heterocycles. The Balaban J connectivity index is 1.78. The van der Waals surface area contributed by atoms with Gasteiger partial charge in [0.15, 0.2) is 0 Å². The van der Waals surface area contributed by atoms with Crippen LogP contribution in [-0.4, -0.2) is 45.6 Å². The summed E-state index contributed by atoms with van der Waals surface area (Å²) in [5.41, 5.74) is 2.89. The van der Waals surface area contributed by atoms with E-state index >= 15 is 0 Å². The lowest BCUT2D eigenvalue weighted by atomic mass is 10.1. The van der Waals surface area contributed by atoms with Crippen molar-refractivity contribution in [1.29, 1.82) is 0 Å². The standard InChI is InChI=1S/C19H23N5O3/c1-3-14-5-7-15(8-6-14)16-11-17-19(26)23(21-13-24(17)22-16)12-18(25)20-9-4-10-27-2/h5-8,11,13H,3-4,9-10,12H2,1-2H3,(H,20,25). The monoisotopic (exact) mass is 369 g/mol. The number of amides is 1. The fraction of sp³-hybridized carbons (Fsp3) is 0.368. The zero-order valence-corrected chi connectivity index (χ0v) is 15.5. The van der Waals surface area contributed by atoms with E-state index in [9.17, 15) is 9.59 Å². The van der Waals surface area contributed by atoms with Gasteiger partial charge in [-0.3, -0.25) is 9.59 Å². The maximum absolute atomic E-state index is 12.6. The first-order chi connectivity index (χ1) is 13.1. The van der Waals surface area contributed by atoms with Crippen LogP contribution >= 0.6 is 0 Å². The first-order valence-corrected chi connectivity index (χ1v) is 8.93. The maximum atomic E-state index is 12.6. The zero-order chi connectivity index (χ0) is 19.2. The quantitative estimate of drug-likeness (QED) is 0.604. The van der Waals surface area contributed by atoms with Crippen LogP contribution in [0.15, 0.2) is 41.5 Å². The van der Waals surface area contributed by atoms with Crippen molar-refractivity contribution < 1.29 is 9.53 Å². The highest BCUT2D eigenvalue weighted by atomic mass is 16.5. The number of carbonyl (C=O) groups is 1. The van der Waals surface area contributed by atoms with Crippen molar-refractivity contribution in [3.8, 4) is 11.3 Å². The molecule has 1 N–H and O–H groups in total. The molecule has 3 rings (SSSR count). The van der Waals surface area contributed by atoms with Gasteiger partial charge < -0.3 is 10.1 Å². The summed E-state index contributed by atoms with van der Waals surface area (Å²) in [6.07, 6.45) is 3.12. The Morgan fingerprint density at radius 1 is 1.26 bits per heavy atom. The number of ether oxygens (including phenoxy) is 1. The van der Waals surface area contributed by atoms with Crippen molar-refractivity contribution in [2.75, 3.05) is 20.3 Å². The highest BCUT2D eigenvalue weighted by molar-refractivity contribution is 5.75. The Morgan fingerprint density at radius 3 is 2.74 bits per heavy atom. The van der Waals surface area contributed by atoms with Gasteiger partial charge in [-0.2, -0.15) is 10.2 Å². The van der Waals surface area contributed by atoms with Crippen LogP contribution in [0.2, 0.25) is 0 Å². The molecule has 8 nitrogen and oxygen atoms in total. The molecule has 1 aromatic carbocycles. The number of rotatable bonds is 8. The summed E-state index contributed by atoms with van der Waals surface area (Å²) in [7, 11) is 1.61. The second-order valence-electron chi connectivity index (χ2n) is 6.20. The van der Waals surface area contributed by atoms with Crippen molar-refractivity contribution in [2.24, 2.45) is 0 Å². The molecule has 0 saturated carbocycles. The van der Waals surface area contributed by atoms with Crippen LogP contribution in [0.1, 0.15) is 18.9 Å². The number of nitrogens with zero attached hydrogens (tertiary/aromatic N) is 4.